The number of hydrogen-bond donors (Lipinski definition) is 0. The highest BCUT2D eigenvalue weighted by molar-refractivity contribution is 5.90. The molecule has 0 aliphatic carbocycles. The number of benzene rings is 1. The van der Waals surface area contributed by atoms with Gasteiger partial charge in [0.2, 0.25) is 5.79 Å². The molecule has 0 bridgehead atoms. The van der Waals surface area contributed by atoms with Gasteiger partial charge in [-0.25, -0.2) is 4.79 Å². The van der Waals surface area contributed by atoms with E-state index in [1.165, 1.54) is 0 Å². The molecular formula is C17H18O5. The molecule has 22 heavy (non-hydrogen) atoms. The molecule has 2 aliphatic heterocycles. The predicted octanol–water partition coefficient (Wildman–Crippen LogP) is 2.95. The van der Waals surface area contributed by atoms with Crippen LogP contribution < -0.4 is 4.74 Å². The molecule has 5 nitrogen and oxygen atoms in total. The lowest BCUT2D eigenvalue weighted by atomic mass is 9.95. The van der Waals surface area contributed by atoms with E-state index in [1.807, 2.05) is 19.9 Å². The topological polar surface area (TPSA) is 61.8 Å². The number of esters is 1. The van der Waals surface area contributed by atoms with Crippen molar-refractivity contribution in [2.45, 2.75) is 45.2 Å². The molecule has 0 N–H and O–H groups in total. The molecule has 116 valence electrons. The minimum Gasteiger partial charge on any atom is -0.463 e. The molecule has 2 heterocycles. The molecular weight excluding hydrogens is 284 g/mol. The van der Waals surface area contributed by atoms with Crippen LogP contribution in [-0.4, -0.2) is 24.1 Å². The quantitative estimate of drug-likeness (QED) is 0.634. The summed E-state index contributed by atoms with van der Waals surface area (Å²) < 4.78 is 17.1. The zero-order chi connectivity index (χ0) is 15.9. The molecule has 2 aliphatic rings. The number of rotatable bonds is 3. The van der Waals surface area contributed by atoms with Crippen molar-refractivity contribution in [1.29, 1.82) is 0 Å². The lowest BCUT2D eigenvalue weighted by Gasteiger charge is -2.38. The molecule has 0 saturated carbocycles. The summed E-state index contributed by atoms with van der Waals surface area (Å²) >= 11 is 0. The fraction of sp³-hybridized carbons (Fsp3) is 0.412. The van der Waals surface area contributed by atoms with Crippen molar-refractivity contribution in [3.63, 3.8) is 0 Å². The summed E-state index contributed by atoms with van der Waals surface area (Å²) in [5.74, 6) is -0.475. The fourth-order valence-corrected chi connectivity index (χ4v) is 2.89. The summed E-state index contributed by atoms with van der Waals surface area (Å²) in [6.07, 6.45) is 2.31. The first kappa shape index (κ1) is 14.8. The van der Waals surface area contributed by atoms with Gasteiger partial charge in [-0.3, -0.25) is 4.79 Å². The van der Waals surface area contributed by atoms with Gasteiger partial charge >= 0.3 is 5.97 Å². The molecule has 2 atom stereocenters. The zero-order valence-corrected chi connectivity index (χ0v) is 12.8. The van der Waals surface area contributed by atoms with E-state index in [9.17, 15) is 9.59 Å². The monoisotopic (exact) mass is 302 g/mol. The van der Waals surface area contributed by atoms with Crippen molar-refractivity contribution >= 4 is 12.3 Å². The molecule has 1 aromatic rings. The number of fused-ring (bicyclic) bond motifs is 1. The maximum Gasteiger partial charge on any atom is 0.334 e. The minimum atomic E-state index is -0.805. The van der Waals surface area contributed by atoms with Gasteiger partial charge in [-0.15, -0.1) is 0 Å². The second kappa shape index (κ2) is 5.25. The van der Waals surface area contributed by atoms with E-state index in [4.69, 9.17) is 14.2 Å². The fourth-order valence-electron chi connectivity index (χ4n) is 2.89. The smallest absolute Gasteiger partial charge is 0.334 e. The zero-order valence-electron chi connectivity index (χ0n) is 12.8. The van der Waals surface area contributed by atoms with E-state index in [0.29, 0.717) is 28.9 Å². The van der Waals surface area contributed by atoms with Gasteiger partial charge in [0.25, 0.3) is 0 Å². The summed E-state index contributed by atoms with van der Waals surface area (Å²) in [5.41, 5.74) is 1.84. The Hall–Kier alpha value is -2.14. The lowest BCUT2D eigenvalue weighted by molar-refractivity contribution is -0.212. The van der Waals surface area contributed by atoms with Crippen LogP contribution in [0.5, 0.6) is 5.75 Å². The van der Waals surface area contributed by atoms with Crippen LogP contribution in [0.2, 0.25) is 0 Å². The molecule has 2 unspecified atom stereocenters. The van der Waals surface area contributed by atoms with Crippen molar-refractivity contribution in [2.75, 3.05) is 0 Å². The summed E-state index contributed by atoms with van der Waals surface area (Å²) in [4.78, 5) is 22.8. The lowest BCUT2D eigenvalue weighted by Crippen LogP contribution is -2.39. The molecule has 0 amide bonds. The van der Waals surface area contributed by atoms with Crippen molar-refractivity contribution in [2.24, 2.45) is 0 Å². The Morgan fingerprint density at radius 1 is 1.32 bits per heavy atom. The average Bonchev–Trinajstić information content (AvgIpc) is 2.75. The average molecular weight is 302 g/mol. The van der Waals surface area contributed by atoms with Gasteiger partial charge in [0.05, 0.1) is 6.10 Å². The van der Waals surface area contributed by atoms with Crippen molar-refractivity contribution in [3.8, 4) is 5.75 Å². The maximum absolute atomic E-state index is 11.5. The van der Waals surface area contributed by atoms with Crippen LogP contribution in [0.3, 0.4) is 0 Å². The SMILES string of the molecule is CC1=CC(CC2OC(C)(C)Oc3cccc(C=O)c32)OC1=O. The molecule has 0 fully saturated rings. The Morgan fingerprint density at radius 2 is 2.09 bits per heavy atom. The van der Waals surface area contributed by atoms with Gasteiger partial charge in [0.1, 0.15) is 11.9 Å². The number of carbonyl (C=O) groups excluding carboxylic acids is 2. The van der Waals surface area contributed by atoms with Crippen LogP contribution in [0.15, 0.2) is 29.8 Å². The number of cyclic esters (lactones) is 1. The van der Waals surface area contributed by atoms with E-state index >= 15 is 0 Å². The summed E-state index contributed by atoms with van der Waals surface area (Å²) in [6, 6.07) is 5.33. The molecule has 5 heteroatoms. The molecule has 3 rings (SSSR count). The van der Waals surface area contributed by atoms with Gasteiger partial charge < -0.3 is 14.2 Å². The van der Waals surface area contributed by atoms with Crippen LogP contribution in [0, 0.1) is 0 Å². The Bertz CT molecular complexity index is 659. The molecule has 0 saturated heterocycles. The molecule has 0 radical (unpaired) electrons. The Morgan fingerprint density at radius 3 is 2.73 bits per heavy atom. The summed E-state index contributed by atoms with van der Waals surface area (Å²) in [5, 5.41) is 0. The normalized spacial score (nSPS) is 25.8. The first-order chi connectivity index (χ1) is 10.4. The van der Waals surface area contributed by atoms with Crippen LogP contribution in [-0.2, 0) is 14.3 Å². The number of carbonyl (C=O) groups is 2. The van der Waals surface area contributed by atoms with E-state index in [-0.39, 0.29) is 18.2 Å². The standard InChI is InChI=1S/C17H18O5/c1-10-7-12(20-16(10)19)8-14-15-11(9-18)5-4-6-13(15)21-17(2,3)22-14/h4-7,9,12,14H,8H2,1-3H3. The highest BCUT2D eigenvalue weighted by Crippen LogP contribution is 2.43. The number of hydrogen-bond acceptors (Lipinski definition) is 5. The summed E-state index contributed by atoms with van der Waals surface area (Å²) in [7, 11) is 0. The molecule has 1 aromatic carbocycles. The first-order valence-corrected chi connectivity index (χ1v) is 7.24. The Balaban J connectivity index is 1.94. The van der Waals surface area contributed by atoms with Crippen molar-refractivity contribution in [3.05, 3.63) is 41.0 Å². The van der Waals surface area contributed by atoms with Gasteiger partial charge in [-0.2, -0.15) is 0 Å². The van der Waals surface area contributed by atoms with Gasteiger partial charge in [-0.05, 0) is 19.1 Å². The van der Waals surface area contributed by atoms with Crippen molar-refractivity contribution in [1.82, 2.24) is 0 Å². The van der Waals surface area contributed by atoms with E-state index in [0.717, 1.165) is 6.29 Å². The third-order valence-electron chi connectivity index (χ3n) is 3.79. The molecule has 0 spiro atoms. The van der Waals surface area contributed by atoms with Gasteiger partial charge in [0.15, 0.2) is 6.29 Å². The summed E-state index contributed by atoms with van der Waals surface area (Å²) in [6.45, 7) is 5.36. The molecule has 0 aromatic heterocycles. The van der Waals surface area contributed by atoms with E-state index in [2.05, 4.69) is 0 Å². The number of aldehydes is 1. The minimum absolute atomic E-state index is 0.305. The van der Waals surface area contributed by atoms with Crippen LogP contribution in [0.1, 0.15) is 49.2 Å². The van der Waals surface area contributed by atoms with Crippen LogP contribution in [0.25, 0.3) is 0 Å². The van der Waals surface area contributed by atoms with Crippen molar-refractivity contribution < 1.29 is 23.8 Å². The third kappa shape index (κ3) is 2.64. The first-order valence-electron chi connectivity index (χ1n) is 7.24. The highest BCUT2D eigenvalue weighted by Gasteiger charge is 2.38. The predicted molar refractivity (Wildman–Crippen MR) is 78.6 cm³/mol. The third-order valence-corrected chi connectivity index (χ3v) is 3.79. The van der Waals surface area contributed by atoms with Crippen LogP contribution in [0.4, 0.5) is 0 Å². The van der Waals surface area contributed by atoms with E-state index in [1.54, 1.807) is 25.1 Å². The Kier molecular flexibility index (Phi) is 3.53. The van der Waals surface area contributed by atoms with Gasteiger partial charge in [-0.1, -0.05) is 12.1 Å². The van der Waals surface area contributed by atoms with E-state index < -0.39 is 5.79 Å². The Labute approximate surface area is 128 Å². The van der Waals surface area contributed by atoms with Crippen LogP contribution >= 0.6 is 0 Å². The maximum atomic E-state index is 11.5. The largest absolute Gasteiger partial charge is 0.463 e. The van der Waals surface area contributed by atoms with Gasteiger partial charge in [0, 0.05) is 37.0 Å². The second-order valence-electron chi connectivity index (χ2n) is 6.01. The second-order valence-corrected chi connectivity index (χ2v) is 6.01. The number of ether oxygens (including phenoxy) is 3. The highest BCUT2D eigenvalue weighted by atomic mass is 16.7.